The van der Waals surface area contributed by atoms with Crippen molar-refractivity contribution in [2.45, 2.75) is 6.92 Å². The normalized spacial score (nSPS) is 17.9. The van der Waals surface area contributed by atoms with Crippen LogP contribution in [-0.2, 0) is 14.3 Å². The van der Waals surface area contributed by atoms with Gasteiger partial charge < -0.3 is 24.8 Å². The summed E-state index contributed by atoms with van der Waals surface area (Å²) in [5.74, 6) is -0.313. The summed E-state index contributed by atoms with van der Waals surface area (Å²) in [6, 6.07) is 9.80. The fourth-order valence-corrected chi connectivity index (χ4v) is 3.36. The Hall–Kier alpha value is -3.05. The largest absolute Gasteiger partial charge is 0.378 e. The number of amides is 2. The van der Waals surface area contributed by atoms with Crippen molar-refractivity contribution in [3.63, 3.8) is 0 Å². The number of ether oxygens (including phenoxy) is 1. The van der Waals surface area contributed by atoms with Gasteiger partial charge in [-0.2, -0.15) is 5.26 Å². The first kappa shape index (κ1) is 19.7. The second-order valence-corrected chi connectivity index (χ2v) is 6.73. The molecule has 3 rings (SSSR count). The van der Waals surface area contributed by atoms with Gasteiger partial charge >= 0.3 is 0 Å². The van der Waals surface area contributed by atoms with Crippen molar-refractivity contribution >= 4 is 23.2 Å². The number of hydrogen-bond donors (Lipinski definition) is 1. The van der Waals surface area contributed by atoms with Crippen molar-refractivity contribution < 1.29 is 14.3 Å². The first-order valence-corrected chi connectivity index (χ1v) is 9.43. The molecule has 2 amide bonds. The summed E-state index contributed by atoms with van der Waals surface area (Å²) in [5.41, 5.74) is 1.90. The molecule has 148 valence electrons. The minimum atomic E-state index is -0.318. The quantitative estimate of drug-likeness (QED) is 0.617. The lowest BCUT2D eigenvalue weighted by Crippen LogP contribution is -2.50. The molecule has 1 aromatic carbocycles. The van der Waals surface area contributed by atoms with Crippen molar-refractivity contribution in [3.05, 3.63) is 36.0 Å². The highest BCUT2D eigenvalue weighted by atomic mass is 16.5. The maximum absolute atomic E-state index is 12.7. The predicted octanol–water partition coefficient (Wildman–Crippen LogP) is 1.03. The van der Waals surface area contributed by atoms with Crippen molar-refractivity contribution in [3.8, 4) is 6.07 Å². The van der Waals surface area contributed by atoms with Gasteiger partial charge in [0.05, 0.1) is 24.6 Å². The zero-order valence-corrected chi connectivity index (χ0v) is 16.1. The number of carbonyl (C=O) groups excluding carboxylic acids is 2. The molecule has 0 unspecified atom stereocenters. The summed E-state index contributed by atoms with van der Waals surface area (Å²) in [6.07, 6.45) is 1.47. The van der Waals surface area contributed by atoms with Crippen LogP contribution in [0.1, 0.15) is 6.92 Å². The number of carbonyl (C=O) groups is 2. The second kappa shape index (κ2) is 9.24. The number of nitrogens with zero attached hydrogens (tertiary/aromatic N) is 4. The monoisotopic (exact) mass is 383 g/mol. The number of hydrogen-bond acceptors (Lipinski definition) is 6. The van der Waals surface area contributed by atoms with E-state index >= 15 is 0 Å². The maximum Gasteiger partial charge on any atom is 0.266 e. The molecule has 2 heterocycles. The van der Waals surface area contributed by atoms with Gasteiger partial charge in [-0.15, -0.1) is 0 Å². The fraction of sp³-hybridized carbons (Fsp3) is 0.450. The van der Waals surface area contributed by atoms with Crippen LogP contribution in [0.2, 0.25) is 0 Å². The third-order valence-corrected chi connectivity index (χ3v) is 4.99. The van der Waals surface area contributed by atoms with Crippen LogP contribution in [0.25, 0.3) is 0 Å². The van der Waals surface area contributed by atoms with E-state index in [-0.39, 0.29) is 17.4 Å². The Kier molecular flexibility index (Phi) is 6.50. The van der Waals surface area contributed by atoms with Crippen molar-refractivity contribution in [2.24, 2.45) is 0 Å². The molecule has 0 saturated carbocycles. The third kappa shape index (κ3) is 4.61. The minimum Gasteiger partial charge on any atom is -0.378 e. The number of para-hydroxylation sites is 2. The van der Waals surface area contributed by atoms with E-state index in [1.807, 2.05) is 30.3 Å². The second-order valence-electron chi connectivity index (χ2n) is 6.73. The molecule has 1 N–H and O–H groups in total. The lowest BCUT2D eigenvalue weighted by atomic mass is 10.2. The summed E-state index contributed by atoms with van der Waals surface area (Å²) < 4.78 is 5.41. The van der Waals surface area contributed by atoms with Gasteiger partial charge in [0.25, 0.3) is 5.91 Å². The molecule has 0 aliphatic carbocycles. The summed E-state index contributed by atoms with van der Waals surface area (Å²) in [7, 11) is 0. The number of nitriles is 1. The number of piperazine rings is 1. The lowest BCUT2D eigenvalue weighted by Gasteiger charge is -2.34. The number of anilines is 2. The SMILES string of the molecule is CC(=O)N1CCN(C(=O)/C(C#N)=C\Nc2ccccc2N2CCOCC2)CC1. The van der Waals surface area contributed by atoms with Crippen LogP contribution < -0.4 is 10.2 Å². The Labute approximate surface area is 164 Å². The molecular formula is C20H25N5O3. The van der Waals surface area contributed by atoms with Crippen LogP contribution in [0, 0.1) is 11.3 Å². The maximum atomic E-state index is 12.7. The van der Waals surface area contributed by atoms with E-state index < -0.39 is 0 Å². The molecular weight excluding hydrogens is 358 g/mol. The summed E-state index contributed by atoms with van der Waals surface area (Å²) in [5, 5.41) is 12.6. The fourth-order valence-electron chi connectivity index (χ4n) is 3.36. The Morgan fingerprint density at radius 2 is 1.71 bits per heavy atom. The Morgan fingerprint density at radius 1 is 1.07 bits per heavy atom. The predicted molar refractivity (Wildman–Crippen MR) is 106 cm³/mol. The van der Waals surface area contributed by atoms with Gasteiger partial charge in [0.15, 0.2) is 0 Å². The molecule has 0 bridgehead atoms. The number of nitrogens with one attached hydrogen (secondary N) is 1. The van der Waals surface area contributed by atoms with E-state index in [1.165, 1.54) is 13.1 Å². The zero-order chi connectivity index (χ0) is 19.9. The van der Waals surface area contributed by atoms with Gasteiger partial charge in [0.2, 0.25) is 5.91 Å². The molecule has 2 aliphatic heterocycles. The van der Waals surface area contributed by atoms with E-state index in [1.54, 1.807) is 9.80 Å². The molecule has 8 heteroatoms. The van der Waals surface area contributed by atoms with Crippen molar-refractivity contribution in [1.29, 1.82) is 5.26 Å². The molecule has 28 heavy (non-hydrogen) atoms. The van der Waals surface area contributed by atoms with E-state index in [0.29, 0.717) is 39.4 Å². The zero-order valence-electron chi connectivity index (χ0n) is 16.1. The topological polar surface area (TPSA) is 88.9 Å². The van der Waals surface area contributed by atoms with Gasteiger partial charge in [-0.1, -0.05) is 12.1 Å². The van der Waals surface area contributed by atoms with Crippen molar-refractivity contribution in [2.75, 3.05) is 62.7 Å². The lowest BCUT2D eigenvalue weighted by molar-refractivity contribution is -0.136. The van der Waals surface area contributed by atoms with E-state index in [2.05, 4.69) is 10.2 Å². The first-order valence-electron chi connectivity index (χ1n) is 9.43. The van der Waals surface area contributed by atoms with Crippen LogP contribution in [-0.4, -0.2) is 74.1 Å². The molecule has 2 fully saturated rings. The molecule has 1 aromatic rings. The number of morpholine rings is 1. The van der Waals surface area contributed by atoms with Gasteiger partial charge in [0.1, 0.15) is 11.6 Å². The molecule has 8 nitrogen and oxygen atoms in total. The van der Waals surface area contributed by atoms with Crippen LogP contribution in [0.15, 0.2) is 36.0 Å². The third-order valence-electron chi connectivity index (χ3n) is 4.99. The Bertz CT molecular complexity index is 787. The summed E-state index contributed by atoms with van der Waals surface area (Å²) in [4.78, 5) is 29.6. The summed E-state index contributed by atoms with van der Waals surface area (Å²) >= 11 is 0. The van der Waals surface area contributed by atoms with Gasteiger partial charge in [0, 0.05) is 52.4 Å². The van der Waals surface area contributed by atoms with Crippen LogP contribution >= 0.6 is 0 Å². The van der Waals surface area contributed by atoms with Crippen LogP contribution in [0.5, 0.6) is 0 Å². The standard InChI is InChI=1S/C20H25N5O3/c1-16(26)23-6-8-25(9-7-23)20(27)17(14-21)15-22-18-4-2-3-5-19(18)24-10-12-28-13-11-24/h2-5,15,22H,6-13H2,1H3/b17-15-. The van der Waals surface area contributed by atoms with Crippen LogP contribution in [0.3, 0.4) is 0 Å². The highest BCUT2D eigenvalue weighted by Gasteiger charge is 2.24. The highest BCUT2D eigenvalue weighted by molar-refractivity contribution is 5.97. The Balaban J connectivity index is 1.68. The first-order chi connectivity index (χ1) is 13.6. The van der Waals surface area contributed by atoms with Crippen molar-refractivity contribution in [1.82, 2.24) is 9.80 Å². The smallest absolute Gasteiger partial charge is 0.266 e. The van der Waals surface area contributed by atoms with E-state index in [0.717, 1.165) is 24.5 Å². The van der Waals surface area contributed by atoms with Gasteiger partial charge in [-0.05, 0) is 12.1 Å². The van der Waals surface area contributed by atoms with E-state index in [4.69, 9.17) is 4.74 Å². The molecule has 0 radical (unpaired) electrons. The van der Waals surface area contributed by atoms with E-state index in [9.17, 15) is 14.9 Å². The molecule has 0 atom stereocenters. The number of benzene rings is 1. The number of rotatable bonds is 4. The van der Waals surface area contributed by atoms with Gasteiger partial charge in [-0.25, -0.2) is 0 Å². The van der Waals surface area contributed by atoms with Crippen LogP contribution in [0.4, 0.5) is 11.4 Å². The summed E-state index contributed by atoms with van der Waals surface area (Å²) in [6.45, 7) is 6.33. The molecule has 0 spiro atoms. The molecule has 2 aliphatic rings. The average Bonchev–Trinajstić information content (AvgIpc) is 2.75. The molecule has 0 aromatic heterocycles. The van der Waals surface area contributed by atoms with Gasteiger partial charge in [-0.3, -0.25) is 9.59 Å². The molecule has 2 saturated heterocycles. The highest BCUT2D eigenvalue weighted by Crippen LogP contribution is 2.26. The minimum absolute atomic E-state index is 0.00420. The Morgan fingerprint density at radius 3 is 2.36 bits per heavy atom. The average molecular weight is 383 g/mol.